The van der Waals surface area contributed by atoms with Crippen LogP contribution in [0.4, 0.5) is 0 Å². The molecule has 0 spiro atoms. The maximum Gasteiger partial charge on any atom is 0.0536 e. The van der Waals surface area contributed by atoms with E-state index in [-0.39, 0.29) is 17.4 Å². The van der Waals surface area contributed by atoms with Crippen LogP contribution in [0.3, 0.4) is 0 Å². The summed E-state index contributed by atoms with van der Waals surface area (Å²) in [6.07, 6.45) is 4.63. The summed E-state index contributed by atoms with van der Waals surface area (Å²) < 4.78 is 0. The maximum atomic E-state index is 10.2. The third-order valence-corrected chi connectivity index (χ3v) is 5.27. The van der Waals surface area contributed by atoms with Crippen molar-refractivity contribution >= 4 is 0 Å². The lowest BCUT2D eigenvalue weighted by atomic mass is 9.79. The molecule has 0 unspecified atom stereocenters. The number of aliphatic hydroxyl groups excluding tert-OH is 1. The van der Waals surface area contributed by atoms with Crippen molar-refractivity contribution in [2.45, 2.75) is 43.4 Å². The molecule has 2 atom stereocenters. The van der Waals surface area contributed by atoms with Gasteiger partial charge < -0.3 is 5.11 Å². The molecular formula is C20H24O. The molecule has 0 amide bonds. The van der Waals surface area contributed by atoms with Gasteiger partial charge in [-0.1, -0.05) is 80.4 Å². The van der Waals surface area contributed by atoms with E-state index in [2.05, 4.69) is 61.5 Å². The number of benzene rings is 2. The zero-order valence-corrected chi connectivity index (χ0v) is 12.8. The SMILES string of the molecule is CCCC[C@@]1(c2ccccc2)C[C@@]1(CO)c1ccccc1. The zero-order valence-electron chi connectivity index (χ0n) is 12.8. The van der Waals surface area contributed by atoms with Crippen LogP contribution in [0, 0.1) is 0 Å². The average molecular weight is 280 g/mol. The largest absolute Gasteiger partial charge is 0.395 e. The second-order valence-corrected chi connectivity index (χ2v) is 6.33. The van der Waals surface area contributed by atoms with Gasteiger partial charge in [0.15, 0.2) is 0 Å². The lowest BCUT2D eigenvalue weighted by molar-refractivity contribution is 0.235. The van der Waals surface area contributed by atoms with E-state index in [9.17, 15) is 5.11 Å². The van der Waals surface area contributed by atoms with Crippen LogP contribution in [-0.4, -0.2) is 11.7 Å². The Morgan fingerprint density at radius 1 is 0.857 bits per heavy atom. The first-order chi connectivity index (χ1) is 10.3. The van der Waals surface area contributed by atoms with Gasteiger partial charge in [-0.05, 0) is 24.0 Å². The summed E-state index contributed by atoms with van der Waals surface area (Å²) in [6, 6.07) is 21.3. The van der Waals surface area contributed by atoms with Gasteiger partial charge in [0, 0.05) is 10.8 Å². The molecule has 1 nitrogen and oxygen atoms in total. The number of unbranched alkanes of at least 4 members (excludes halogenated alkanes) is 1. The number of hydrogen-bond donors (Lipinski definition) is 1. The summed E-state index contributed by atoms with van der Waals surface area (Å²) in [4.78, 5) is 0. The molecule has 0 bridgehead atoms. The molecule has 0 aliphatic heterocycles. The Morgan fingerprint density at radius 3 is 1.86 bits per heavy atom. The second-order valence-electron chi connectivity index (χ2n) is 6.33. The van der Waals surface area contributed by atoms with Gasteiger partial charge in [0.2, 0.25) is 0 Å². The zero-order chi connectivity index (χ0) is 14.8. The van der Waals surface area contributed by atoms with Gasteiger partial charge in [-0.25, -0.2) is 0 Å². The molecular weight excluding hydrogens is 256 g/mol. The van der Waals surface area contributed by atoms with Crippen molar-refractivity contribution in [2.24, 2.45) is 0 Å². The van der Waals surface area contributed by atoms with Gasteiger partial charge in [0.25, 0.3) is 0 Å². The molecule has 1 N–H and O–H groups in total. The molecule has 1 aliphatic carbocycles. The lowest BCUT2D eigenvalue weighted by Gasteiger charge is -2.26. The van der Waals surface area contributed by atoms with E-state index in [0.717, 1.165) is 12.8 Å². The van der Waals surface area contributed by atoms with Crippen molar-refractivity contribution in [1.82, 2.24) is 0 Å². The highest BCUT2D eigenvalue weighted by Crippen LogP contribution is 2.67. The van der Waals surface area contributed by atoms with Gasteiger partial charge in [-0.2, -0.15) is 0 Å². The third-order valence-electron chi connectivity index (χ3n) is 5.27. The van der Waals surface area contributed by atoms with Crippen molar-refractivity contribution < 1.29 is 5.11 Å². The summed E-state index contributed by atoms with van der Waals surface area (Å²) in [5, 5.41) is 10.2. The predicted octanol–water partition coefficient (Wildman–Crippen LogP) is 4.45. The molecule has 1 saturated carbocycles. The molecule has 21 heavy (non-hydrogen) atoms. The van der Waals surface area contributed by atoms with Crippen LogP contribution in [0.25, 0.3) is 0 Å². The Hall–Kier alpha value is -1.60. The van der Waals surface area contributed by atoms with E-state index < -0.39 is 0 Å². The van der Waals surface area contributed by atoms with Crippen molar-refractivity contribution in [3.8, 4) is 0 Å². The summed E-state index contributed by atoms with van der Waals surface area (Å²) in [7, 11) is 0. The number of hydrogen-bond acceptors (Lipinski definition) is 1. The van der Waals surface area contributed by atoms with Crippen LogP contribution in [0.2, 0.25) is 0 Å². The summed E-state index contributed by atoms with van der Waals surface area (Å²) in [5.74, 6) is 0. The average Bonchev–Trinajstić information content (AvgIpc) is 3.25. The molecule has 2 aromatic rings. The predicted molar refractivity (Wildman–Crippen MR) is 87.5 cm³/mol. The highest BCUT2D eigenvalue weighted by atomic mass is 16.3. The molecule has 3 rings (SSSR count). The highest BCUT2D eigenvalue weighted by molar-refractivity contribution is 5.49. The van der Waals surface area contributed by atoms with Gasteiger partial charge in [0.05, 0.1) is 6.61 Å². The number of rotatable bonds is 6. The molecule has 0 heterocycles. The van der Waals surface area contributed by atoms with Gasteiger partial charge in [-0.15, -0.1) is 0 Å². The molecule has 0 radical (unpaired) electrons. The van der Waals surface area contributed by atoms with Crippen LogP contribution in [0.15, 0.2) is 60.7 Å². The topological polar surface area (TPSA) is 20.2 Å². The first kappa shape index (κ1) is 14.3. The minimum Gasteiger partial charge on any atom is -0.395 e. The van der Waals surface area contributed by atoms with E-state index >= 15 is 0 Å². The van der Waals surface area contributed by atoms with E-state index in [1.807, 2.05) is 6.07 Å². The molecule has 0 aromatic heterocycles. The lowest BCUT2D eigenvalue weighted by Crippen LogP contribution is -2.26. The van der Waals surface area contributed by atoms with E-state index in [0.29, 0.717) is 0 Å². The Kier molecular flexibility index (Phi) is 3.86. The Balaban J connectivity index is 2.03. The Morgan fingerprint density at radius 2 is 1.38 bits per heavy atom. The van der Waals surface area contributed by atoms with Crippen molar-refractivity contribution in [3.63, 3.8) is 0 Å². The van der Waals surface area contributed by atoms with Gasteiger partial charge in [0.1, 0.15) is 0 Å². The fraction of sp³-hybridized carbons (Fsp3) is 0.400. The molecule has 1 heteroatoms. The first-order valence-corrected chi connectivity index (χ1v) is 8.01. The normalized spacial score (nSPS) is 27.5. The molecule has 110 valence electrons. The summed E-state index contributed by atoms with van der Waals surface area (Å²) in [5.41, 5.74) is 2.69. The van der Waals surface area contributed by atoms with Crippen LogP contribution in [0.5, 0.6) is 0 Å². The van der Waals surface area contributed by atoms with Crippen molar-refractivity contribution in [3.05, 3.63) is 71.8 Å². The summed E-state index contributed by atoms with van der Waals surface area (Å²) in [6.45, 7) is 2.47. The molecule has 1 aliphatic rings. The Labute approximate surface area is 127 Å². The first-order valence-electron chi connectivity index (χ1n) is 8.01. The van der Waals surface area contributed by atoms with Crippen molar-refractivity contribution in [1.29, 1.82) is 0 Å². The van der Waals surface area contributed by atoms with Crippen LogP contribution in [0.1, 0.15) is 43.7 Å². The summed E-state index contributed by atoms with van der Waals surface area (Å²) >= 11 is 0. The highest BCUT2D eigenvalue weighted by Gasteiger charge is 2.67. The van der Waals surface area contributed by atoms with Crippen molar-refractivity contribution in [2.75, 3.05) is 6.61 Å². The van der Waals surface area contributed by atoms with Gasteiger partial charge >= 0.3 is 0 Å². The minimum atomic E-state index is -0.0925. The third kappa shape index (κ3) is 2.20. The van der Waals surface area contributed by atoms with Crippen LogP contribution in [-0.2, 0) is 10.8 Å². The quantitative estimate of drug-likeness (QED) is 0.829. The minimum absolute atomic E-state index is 0.0925. The standard InChI is InChI=1S/C20H24O/c1-2-3-14-19(17-10-6-4-7-11-17)15-20(19,16-21)18-12-8-5-9-13-18/h4-13,21H,2-3,14-16H2,1H3/t19-,20+/m0/s1. The fourth-order valence-corrected chi connectivity index (χ4v) is 3.99. The fourth-order valence-electron chi connectivity index (χ4n) is 3.99. The van der Waals surface area contributed by atoms with E-state index in [4.69, 9.17) is 0 Å². The monoisotopic (exact) mass is 280 g/mol. The van der Waals surface area contributed by atoms with E-state index in [1.165, 1.54) is 24.0 Å². The molecule has 2 aromatic carbocycles. The maximum absolute atomic E-state index is 10.2. The molecule has 0 saturated heterocycles. The van der Waals surface area contributed by atoms with Gasteiger partial charge in [-0.3, -0.25) is 0 Å². The van der Waals surface area contributed by atoms with Crippen LogP contribution >= 0.6 is 0 Å². The smallest absolute Gasteiger partial charge is 0.0536 e. The molecule has 1 fully saturated rings. The number of aliphatic hydroxyl groups is 1. The van der Waals surface area contributed by atoms with E-state index in [1.54, 1.807) is 0 Å². The van der Waals surface area contributed by atoms with Crippen LogP contribution < -0.4 is 0 Å². The Bertz CT molecular complexity index is 577. The second kappa shape index (κ2) is 5.65.